The maximum absolute atomic E-state index is 12.7. The van der Waals surface area contributed by atoms with Crippen LogP contribution >= 0.6 is 0 Å². The van der Waals surface area contributed by atoms with Crippen molar-refractivity contribution in [1.29, 1.82) is 0 Å². The van der Waals surface area contributed by atoms with E-state index < -0.39 is 10.0 Å². The summed E-state index contributed by atoms with van der Waals surface area (Å²) in [6.45, 7) is 5.65. The van der Waals surface area contributed by atoms with Crippen LogP contribution in [-0.4, -0.2) is 57.2 Å². The van der Waals surface area contributed by atoms with E-state index in [2.05, 4.69) is 14.6 Å². The number of ether oxygens (including phenoxy) is 1. The molecule has 0 radical (unpaired) electrons. The Bertz CT molecular complexity index is 768. The number of morpholine rings is 1. The van der Waals surface area contributed by atoms with Crippen LogP contribution in [0.15, 0.2) is 41.6 Å². The maximum atomic E-state index is 12.7. The van der Waals surface area contributed by atoms with Gasteiger partial charge in [0.2, 0.25) is 10.0 Å². The molecular weight excluding hydrogens is 314 g/mol. The fourth-order valence-corrected chi connectivity index (χ4v) is 4.33. The summed E-state index contributed by atoms with van der Waals surface area (Å²) >= 11 is 0. The minimum absolute atomic E-state index is 0.171. The number of nitrogens with one attached hydrogen (secondary N) is 1. The highest BCUT2D eigenvalue weighted by Crippen LogP contribution is 2.22. The summed E-state index contributed by atoms with van der Waals surface area (Å²) in [4.78, 5) is 6.55. The molecule has 1 fully saturated rings. The van der Waals surface area contributed by atoms with Crippen molar-refractivity contribution in [3.8, 4) is 0 Å². The molecule has 0 amide bonds. The highest BCUT2D eigenvalue weighted by Gasteiger charge is 2.22. The molecule has 1 saturated heterocycles. The number of pyridine rings is 1. The van der Waals surface area contributed by atoms with E-state index >= 15 is 0 Å². The molecular formula is C16H21N3O3S. The molecule has 2 heterocycles. The van der Waals surface area contributed by atoms with Crippen LogP contribution in [0.25, 0.3) is 10.8 Å². The lowest BCUT2D eigenvalue weighted by atomic mass is 10.2. The van der Waals surface area contributed by atoms with Crippen molar-refractivity contribution in [3.05, 3.63) is 36.7 Å². The zero-order valence-corrected chi connectivity index (χ0v) is 13.9. The summed E-state index contributed by atoms with van der Waals surface area (Å²) in [5, 5.41) is 1.50. The van der Waals surface area contributed by atoms with Crippen molar-refractivity contribution in [1.82, 2.24) is 14.6 Å². The van der Waals surface area contributed by atoms with E-state index in [1.807, 2.05) is 13.0 Å². The van der Waals surface area contributed by atoms with Crippen LogP contribution in [-0.2, 0) is 14.8 Å². The highest BCUT2D eigenvalue weighted by atomic mass is 32.2. The van der Waals surface area contributed by atoms with Gasteiger partial charge in [-0.15, -0.1) is 0 Å². The molecule has 0 saturated carbocycles. The third-order valence-electron chi connectivity index (χ3n) is 3.92. The van der Waals surface area contributed by atoms with Gasteiger partial charge < -0.3 is 4.74 Å². The Balaban J connectivity index is 1.77. The van der Waals surface area contributed by atoms with Crippen LogP contribution in [0.2, 0.25) is 0 Å². The molecule has 6 nitrogen and oxygen atoms in total. The van der Waals surface area contributed by atoms with Gasteiger partial charge in [0.05, 0.1) is 18.1 Å². The van der Waals surface area contributed by atoms with Crippen LogP contribution in [0.3, 0.4) is 0 Å². The van der Waals surface area contributed by atoms with Crippen LogP contribution in [0, 0.1) is 0 Å². The van der Waals surface area contributed by atoms with E-state index in [0.29, 0.717) is 30.0 Å². The number of aromatic nitrogens is 1. The molecule has 1 aliphatic rings. The summed E-state index contributed by atoms with van der Waals surface area (Å²) in [5.74, 6) is 0. The molecule has 1 aromatic heterocycles. The fraction of sp³-hybridized carbons (Fsp3) is 0.438. The van der Waals surface area contributed by atoms with Gasteiger partial charge in [-0.2, -0.15) is 0 Å². The number of hydrogen-bond donors (Lipinski definition) is 1. The summed E-state index contributed by atoms with van der Waals surface area (Å²) < 4.78 is 33.5. The normalized spacial score (nSPS) is 18.1. The predicted octanol–water partition coefficient (Wildman–Crippen LogP) is 1.23. The lowest BCUT2D eigenvalue weighted by Crippen LogP contribution is -2.45. The van der Waals surface area contributed by atoms with Crippen LogP contribution in [0.4, 0.5) is 0 Å². The number of sulfonamides is 1. The quantitative estimate of drug-likeness (QED) is 0.890. The molecule has 3 rings (SSSR count). The monoisotopic (exact) mass is 335 g/mol. The molecule has 1 aromatic carbocycles. The number of nitrogens with zero attached hydrogens (tertiary/aromatic N) is 2. The Kier molecular flexibility index (Phi) is 4.91. The summed E-state index contributed by atoms with van der Waals surface area (Å²) in [5.41, 5.74) is 0. The van der Waals surface area contributed by atoms with E-state index in [0.717, 1.165) is 18.5 Å². The molecule has 1 atom stereocenters. The number of rotatable bonds is 5. The fourth-order valence-electron chi connectivity index (χ4n) is 2.86. The number of benzene rings is 1. The zero-order chi connectivity index (χ0) is 16.3. The molecule has 7 heteroatoms. The van der Waals surface area contributed by atoms with Crippen LogP contribution in [0.5, 0.6) is 0 Å². The van der Waals surface area contributed by atoms with E-state index in [1.54, 1.807) is 30.6 Å². The Morgan fingerprint density at radius 3 is 2.87 bits per heavy atom. The van der Waals surface area contributed by atoms with Crippen molar-refractivity contribution in [2.45, 2.75) is 17.9 Å². The average Bonchev–Trinajstić information content (AvgIpc) is 2.54. The Morgan fingerprint density at radius 1 is 1.30 bits per heavy atom. The minimum Gasteiger partial charge on any atom is -0.379 e. The van der Waals surface area contributed by atoms with Gasteiger partial charge in [0, 0.05) is 48.8 Å². The maximum Gasteiger partial charge on any atom is 0.241 e. The van der Waals surface area contributed by atoms with Crippen molar-refractivity contribution in [2.24, 2.45) is 0 Å². The van der Waals surface area contributed by atoms with Gasteiger partial charge in [-0.3, -0.25) is 9.88 Å². The van der Waals surface area contributed by atoms with E-state index in [9.17, 15) is 8.42 Å². The Labute approximate surface area is 136 Å². The SMILES string of the molecule is CC(CN1CCOCC1)NS(=O)(=O)c1cccc2cnccc12. The van der Waals surface area contributed by atoms with Gasteiger partial charge in [-0.05, 0) is 19.1 Å². The summed E-state index contributed by atoms with van der Waals surface area (Å²) in [6, 6.07) is 6.79. The van der Waals surface area contributed by atoms with E-state index in [-0.39, 0.29) is 6.04 Å². The zero-order valence-electron chi connectivity index (χ0n) is 13.1. The molecule has 1 N–H and O–H groups in total. The third-order valence-corrected chi connectivity index (χ3v) is 5.57. The van der Waals surface area contributed by atoms with Crippen LogP contribution in [0.1, 0.15) is 6.92 Å². The molecule has 124 valence electrons. The largest absolute Gasteiger partial charge is 0.379 e. The first-order valence-corrected chi connectivity index (χ1v) is 9.20. The van der Waals surface area contributed by atoms with Gasteiger partial charge in [0.25, 0.3) is 0 Å². The average molecular weight is 335 g/mol. The molecule has 0 bridgehead atoms. The first-order chi connectivity index (χ1) is 11.1. The van der Waals surface area contributed by atoms with Crippen molar-refractivity contribution >= 4 is 20.8 Å². The molecule has 2 aromatic rings. The summed E-state index contributed by atoms with van der Waals surface area (Å²) in [6.07, 6.45) is 3.28. The van der Waals surface area contributed by atoms with Crippen molar-refractivity contribution in [2.75, 3.05) is 32.8 Å². The second-order valence-electron chi connectivity index (χ2n) is 5.79. The molecule has 1 unspecified atom stereocenters. The topological polar surface area (TPSA) is 71.5 Å². The predicted molar refractivity (Wildman–Crippen MR) is 88.8 cm³/mol. The second kappa shape index (κ2) is 6.92. The lowest BCUT2D eigenvalue weighted by molar-refractivity contribution is 0.0354. The van der Waals surface area contributed by atoms with Crippen LogP contribution < -0.4 is 4.72 Å². The third kappa shape index (κ3) is 3.87. The number of fused-ring (bicyclic) bond motifs is 1. The van der Waals surface area contributed by atoms with Crippen molar-refractivity contribution < 1.29 is 13.2 Å². The van der Waals surface area contributed by atoms with E-state index in [1.165, 1.54) is 0 Å². The Hall–Kier alpha value is -1.54. The second-order valence-corrected chi connectivity index (χ2v) is 7.47. The minimum atomic E-state index is -3.57. The molecule has 0 spiro atoms. The first kappa shape index (κ1) is 16.3. The Morgan fingerprint density at radius 2 is 2.09 bits per heavy atom. The standard InChI is InChI=1S/C16H21N3O3S/c1-13(12-19-7-9-22-10-8-19)18-23(20,21)16-4-2-3-14-11-17-6-5-15(14)16/h2-6,11,13,18H,7-10,12H2,1H3. The van der Waals surface area contributed by atoms with Gasteiger partial charge in [0.1, 0.15) is 0 Å². The molecule has 23 heavy (non-hydrogen) atoms. The highest BCUT2D eigenvalue weighted by molar-refractivity contribution is 7.89. The van der Waals surface area contributed by atoms with Gasteiger partial charge in [0.15, 0.2) is 0 Å². The van der Waals surface area contributed by atoms with E-state index in [4.69, 9.17) is 4.74 Å². The summed E-state index contributed by atoms with van der Waals surface area (Å²) in [7, 11) is -3.57. The smallest absolute Gasteiger partial charge is 0.241 e. The molecule has 0 aliphatic carbocycles. The van der Waals surface area contributed by atoms with Gasteiger partial charge in [-0.1, -0.05) is 12.1 Å². The van der Waals surface area contributed by atoms with Crippen molar-refractivity contribution in [3.63, 3.8) is 0 Å². The first-order valence-electron chi connectivity index (χ1n) is 7.71. The lowest BCUT2D eigenvalue weighted by Gasteiger charge is -2.29. The molecule has 1 aliphatic heterocycles. The van der Waals surface area contributed by atoms with Gasteiger partial charge in [-0.25, -0.2) is 13.1 Å². The number of hydrogen-bond acceptors (Lipinski definition) is 5. The van der Waals surface area contributed by atoms with Gasteiger partial charge >= 0.3 is 0 Å².